The highest BCUT2D eigenvalue weighted by atomic mass is 16.1. The summed E-state index contributed by atoms with van der Waals surface area (Å²) in [6.07, 6.45) is 10.7. The molecule has 0 spiro atoms. The van der Waals surface area contributed by atoms with Crippen molar-refractivity contribution in [3.8, 4) is 12.3 Å². The molecule has 0 heterocycles. The van der Waals surface area contributed by atoms with Gasteiger partial charge in [-0.2, -0.15) is 0 Å². The van der Waals surface area contributed by atoms with Crippen LogP contribution in [0.5, 0.6) is 0 Å². The maximum atomic E-state index is 11.7. The Hall–Kier alpha value is -1.75. The lowest BCUT2D eigenvalue weighted by molar-refractivity contribution is -0.121. The highest BCUT2D eigenvalue weighted by Crippen LogP contribution is 2.32. The SMILES string of the molecule is C#CCCCCC(=O)NCC1CCc2ccccc21. The van der Waals surface area contributed by atoms with Gasteiger partial charge in [-0.05, 0) is 36.8 Å². The summed E-state index contributed by atoms with van der Waals surface area (Å²) in [7, 11) is 0. The Bertz CT molecular complexity index is 472. The summed E-state index contributed by atoms with van der Waals surface area (Å²) in [5.41, 5.74) is 2.85. The van der Waals surface area contributed by atoms with E-state index in [1.165, 1.54) is 11.1 Å². The molecule has 2 heteroatoms. The van der Waals surface area contributed by atoms with Crippen molar-refractivity contribution in [2.75, 3.05) is 6.54 Å². The first kappa shape index (κ1) is 13.7. The third kappa shape index (κ3) is 3.86. The predicted octanol–water partition coefficient (Wildman–Crippen LogP) is 3.03. The molecule has 1 atom stereocenters. The molecule has 0 bridgehead atoms. The average molecular weight is 255 g/mol. The Morgan fingerprint density at radius 2 is 2.21 bits per heavy atom. The number of benzene rings is 1. The van der Waals surface area contributed by atoms with Crippen LogP contribution in [-0.4, -0.2) is 12.5 Å². The van der Waals surface area contributed by atoms with Crippen LogP contribution in [0, 0.1) is 12.3 Å². The van der Waals surface area contributed by atoms with Crippen LogP contribution in [0.3, 0.4) is 0 Å². The summed E-state index contributed by atoms with van der Waals surface area (Å²) in [5, 5.41) is 3.05. The Morgan fingerprint density at radius 1 is 1.37 bits per heavy atom. The van der Waals surface area contributed by atoms with Gasteiger partial charge in [0.25, 0.3) is 0 Å². The van der Waals surface area contributed by atoms with Gasteiger partial charge in [0.1, 0.15) is 0 Å². The summed E-state index contributed by atoms with van der Waals surface area (Å²) < 4.78 is 0. The number of carbonyl (C=O) groups excluding carboxylic acids is 1. The average Bonchev–Trinajstić information content (AvgIpc) is 2.85. The number of fused-ring (bicyclic) bond motifs is 1. The van der Waals surface area contributed by atoms with Crippen molar-refractivity contribution in [3.63, 3.8) is 0 Å². The van der Waals surface area contributed by atoms with E-state index < -0.39 is 0 Å². The van der Waals surface area contributed by atoms with Crippen molar-refractivity contribution in [2.45, 2.75) is 44.4 Å². The van der Waals surface area contributed by atoms with Crippen molar-refractivity contribution >= 4 is 5.91 Å². The Labute approximate surface area is 115 Å². The molecule has 0 fully saturated rings. The first-order valence-electron chi connectivity index (χ1n) is 7.09. The number of nitrogens with one attached hydrogen (secondary N) is 1. The number of amides is 1. The molecule has 0 saturated carbocycles. The normalized spacial score (nSPS) is 16.7. The molecule has 0 aliphatic heterocycles. The molecule has 19 heavy (non-hydrogen) atoms. The summed E-state index contributed by atoms with van der Waals surface area (Å²) in [6, 6.07) is 8.55. The van der Waals surface area contributed by atoms with E-state index in [1.807, 2.05) is 0 Å². The topological polar surface area (TPSA) is 29.1 Å². The Balaban J connectivity index is 1.72. The van der Waals surface area contributed by atoms with E-state index in [1.54, 1.807) is 0 Å². The number of terminal acetylenes is 1. The van der Waals surface area contributed by atoms with Gasteiger partial charge in [-0.1, -0.05) is 24.3 Å². The highest BCUT2D eigenvalue weighted by molar-refractivity contribution is 5.75. The summed E-state index contributed by atoms with van der Waals surface area (Å²) in [4.78, 5) is 11.7. The van der Waals surface area contributed by atoms with Crippen molar-refractivity contribution in [1.29, 1.82) is 0 Å². The summed E-state index contributed by atoms with van der Waals surface area (Å²) >= 11 is 0. The minimum absolute atomic E-state index is 0.154. The molecular weight excluding hydrogens is 234 g/mol. The van der Waals surface area contributed by atoms with E-state index in [0.717, 1.165) is 38.6 Å². The van der Waals surface area contributed by atoms with Crippen molar-refractivity contribution in [1.82, 2.24) is 5.32 Å². The number of unbranched alkanes of at least 4 members (excludes halogenated alkanes) is 2. The van der Waals surface area contributed by atoms with E-state index in [9.17, 15) is 4.79 Å². The maximum absolute atomic E-state index is 11.7. The van der Waals surface area contributed by atoms with Crippen LogP contribution in [0.4, 0.5) is 0 Å². The molecule has 1 aliphatic carbocycles. The van der Waals surface area contributed by atoms with Crippen LogP contribution in [0.25, 0.3) is 0 Å². The van der Waals surface area contributed by atoms with Gasteiger partial charge in [-0.3, -0.25) is 4.79 Å². The summed E-state index contributed by atoms with van der Waals surface area (Å²) in [6.45, 7) is 0.769. The molecule has 1 aromatic carbocycles. The van der Waals surface area contributed by atoms with Gasteiger partial charge in [0.2, 0.25) is 5.91 Å². The number of hydrogen-bond acceptors (Lipinski definition) is 1. The van der Waals surface area contributed by atoms with E-state index in [-0.39, 0.29) is 5.91 Å². The molecule has 2 rings (SSSR count). The fourth-order valence-corrected chi connectivity index (χ4v) is 2.70. The molecule has 1 N–H and O–H groups in total. The second kappa shape index (κ2) is 6.99. The molecular formula is C17H21NO. The molecule has 1 aromatic rings. The van der Waals surface area contributed by atoms with Gasteiger partial charge in [0.05, 0.1) is 0 Å². The quantitative estimate of drug-likeness (QED) is 0.614. The van der Waals surface area contributed by atoms with E-state index >= 15 is 0 Å². The number of aryl methyl sites for hydroxylation is 1. The van der Waals surface area contributed by atoms with E-state index in [2.05, 4.69) is 35.5 Å². The van der Waals surface area contributed by atoms with E-state index in [0.29, 0.717) is 12.3 Å². The highest BCUT2D eigenvalue weighted by Gasteiger charge is 2.21. The third-order valence-corrected chi connectivity index (χ3v) is 3.78. The molecule has 2 nitrogen and oxygen atoms in total. The second-order valence-corrected chi connectivity index (χ2v) is 5.15. The smallest absolute Gasteiger partial charge is 0.220 e. The predicted molar refractivity (Wildman–Crippen MR) is 77.8 cm³/mol. The third-order valence-electron chi connectivity index (χ3n) is 3.78. The molecule has 0 radical (unpaired) electrons. The fraction of sp³-hybridized carbons (Fsp3) is 0.471. The van der Waals surface area contributed by atoms with Gasteiger partial charge < -0.3 is 5.32 Å². The van der Waals surface area contributed by atoms with Gasteiger partial charge in [0.15, 0.2) is 0 Å². The Morgan fingerprint density at radius 3 is 3.05 bits per heavy atom. The number of rotatable bonds is 6. The van der Waals surface area contributed by atoms with Gasteiger partial charge in [-0.15, -0.1) is 12.3 Å². The molecule has 1 amide bonds. The zero-order chi connectivity index (χ0) is 13.5. The zero-order valence-electron chi connectivity index (χ0n) is 11.3. The minimum Gasteiger partial charge on any atom is -0.355 e. The Kier molecular flexibility index (Phi) is 5.03. The molecule has 1 unspecified atom stereocenters. The maximum Gasteiger partial charge on any atom is 0.220 e. The van der Waals surface area contributed by atoms with Crippen molar-refractivity contribution < 1.29 is 4.79 Å². The van der Waals surface area contributed by atoms with Crippen LogP contribution < -0.4 is 5.32 Å². The lowest BCUT2D eigenvalue weighted by atomic mass is 10.0. The lowest BCUT2D eigenvalue weighted by Gasteiger charge is -2.12. The van der Waals surface area contributed by atoms with Gasteiger partial charge >= 0.3 is 0 Å². The second-order valence-electron chi connectivity index (χ2n) is 5.15. The monoisotopic (exact) mass is 255 g/mol. The first-order valence-corrected chi connectivity index (χ1v) is 7.09. The van der Waals surface area contributed by atoms with Crippen molar-refractivity contribution in [3.05, 3.63) is 35.4 Å². The van der Waals surface area contributed by atoms with Crippen LogP contribution in [-0.2, 0) is 11.2 Å². The van der Waals surface area contributed by atoms with Gasteiger partial charge in [0, 0.05) is 25.3 Å². The number of carbonyl (C=O) groups is 1. The molecule has 1 aliphatic rings. The summed E-state index contributed by atoms with van der Waals surface area (Å²) in [5.74, 6) is 3.24. The lowest BCUT2D eigenvalue weighted by Crippen LogP contribution is -2.27. The molecule has 0 saturated heterocycles. The van der Waals surface area contributed by atoms with Crippen LogP contribution in [0.1, 0.15) is 49.1 Å². The first-order chi connectivity index (χ1) is 9.31. The van der Waals surface area contributed by atoms with Crippen LogP contribution >= 0.6 is 0 Å². The van der Waals surface area contributed by atoms with Crippen LogP contribution in [0.15, 0.2) is 24.3 Å². The molecule has 100 valence electrons. The zero-order valence-corrected chi connectivity index (χ0v) is 11.3. The van der Waals surface area contributed by atoms with E-state index in [4.69, 9.17) is 6.42 Å². The van der Waals surface area contributed by atoms with Crippen molar-refractivity contribution in [2.24, 2.45) is 0 Å². The molecule has 0 aromatic heterocycles. The minimum atomic E-state index is 0.154. The fourth-order valence-electron chi connectivity index (χ4n) is 2.70. The number of hydrogen-bond donors (Lipinski definition) is 1. The van der Waals surface area contributed by atoms with Gasteiger partial charge in [-0.25, -0.2) is 0 Å². The standard InChI is InChI=1S/C17H21NO/c1-2-3-4-5-10-17(19)18-13-15-12-11-14-8-6-7-9-16(14)15/h1,6-9,15H,3-5,10-13H2,(H,18,19). The van der Waals surface area contributed by atoms with Crippen LogP contribution in [0.2, 0.25) is 0 Å². The largest absolute Gasteiger partial charge is 0.355 e.